The first-order valence-electron chi connectivity index (χ1n) is 5.39. The lowest BCUT2D eigenvalue weighted by Crippen LogP contribution is -2.09. The second-order valence-corrected chi connectivity index (χ2v) is 3.82. The Kier molecular flexibility index (Phi) is 5.28. The monoisotopic (exact) mass is 248 g/mol. The van der Waals surface area contributed by atoms with E-state index in [-0.39, 0.29) is 12.7 Å². The Hall–Kier alpha value is -1.23. The van der Waals surface area contributed by atoms with Crippen molar-refractivity contribution in [3.05, 3.63) is 29.6 Å². The molecule has 0 saturated heterocycles. The van der Waals surface area contributed by atoms with E-state index in [1.165, 1.54) is 0 Å². The van der Waals surface area contributed by atoms with E-state index in [0.717, 1.165) is 0 Å². The van der Waals surface area contributed by atoms with Gasteiger partial charge in [-0.1, -0.05) is 0 Å². The normalized spacial score (nSPS) is 10.9. The first-order chi connectivity index (χ1) is 8.00. The molecule has 1 aromatic rings. The van der Waals surface area contributed by atoms with E-state index in [4.69, 9.17) is 9.47 Å². The highest BCUT2D eigenvalue weighted by Gasteiger charge is 2.12. The van der Waals surface area contributed by atoms with E-state index in [1.807, 2.05) is 13.8 Å². The van der Waals surface area contributed by atoms with Crippen LogP contribution in [0.5, 0.6) is 5.75 Å². The minimum atomic E-state index is -1.03. The summed E-state index contributed by atoms with van der Waals surface area (Å²) in [6.45, 7) is 4.34. The fraction of sp³-hybridized carbons (Fsp3) is 0.500. The van der Waals surface area contributed by atoms with Crippen LogP contribution in [0.2, 0.25) is 0 Å². The Morgan fingerprint density at radius 2 is 1.65 bits per heavy atom. The maximum absolute atomic E-state index is 13.1. The molecule has 0 spiro atoms. The fourth-order valence-corrected chi connectivity index (χ4v) is 1.22. The SMILES string of the molecule is CC(C)OCCCOc1c(F)cc(F)cc1F. The predicted octanol–water partition coefficient (Wildman–Crippen LogP) is 3.30. The lowest BCUT2D eigenvalue weighted by atomic mass is 10.3. The first-order valence-corrected chi connectivity index (χ1v) is 5.39. The Bertz CT molecular complexity index is 344. The van der Waals surface area contributed by atoms with Crippen molar-refractivity contribution in [1.82, 2.24) is 0 Å². The van der Waals surface area contributed by atoms with Gasteiger partial charge >= 0.3 is 0 Å². The van der Waals surface area contributed by atoms with Gasteiger partial charge in [0.15, 0.2) is 17.4 Å². The van der Waals surface area contributed by atoms with Gasteiger partial charge in [0.2, 0.25) is 0 Å². The molecule has 0 heterocycles. The minimum absolute atomic E-state index is 0.106. The van der Waals surface area contributed by atoms with E-state index >= 15 is 0 Å². The molecule has 0 aromatic heterocycles. The molecule has 0 aliphatic rings. The molecule has 0 radical (unpaired) electrons. The topological polar surface area (TPSA) is 18.5 Å². The van der Waals surface area contributed by atoms with Gasteiger partial charge in [0.25, 0.3) is 0 Å². The lowest BCUT2D eigenvalue weighted by Gasteiger charge is -2.10. The van der Waals surface area contributed by atoms with E-state index < -0.39 is 23.2 Å². The second kappa shape index (κ2) is 6.49. The van der Waals surface area contributed by atoms with Gasteiger partial charge in [0, 0.05) is 18.6 Å². The number of hydrogen-bond donors (Lipinski definition) is 0. The molecule has 0 N–H and O–H groups in total. The van der Waals surface area contributed by atoms with E-state index in [9.17, 15) is 13.2 Å². The molecule has 0 unspecified atom stereocenters. The average molecular weight is 248 g/mol. The molecular formula is C12H15F3O2. The highest BCUT2D eigenvalue weighted by Crippen LogP contribution is 2.22. The summed E-state index contributed by atoms with van der Waals surface area (Å²) < 4.78 is 48.9. The van der Waals surface area contributed by atoms with Crippen LogP contribution < -0.4 is 4.74 Å². The number of ether oxygens (including phenoxy) is 2. The Morgan fingerprint density at radius 1 is 1.06 bits per heavy atom. The smallest absolute Gasteiger partial charge is 0.190 e. The number of hydrogen-bond acceptors (Lipinski definition) is 2. The summed E-state index contributed by atoms with van der Waals surface area (Å²) in [5.74, 6) is -3.58. The van der Waals surface area contributed by atoms with Crippen molar-refractivity contribution in [3.8, 4) is 5.75 Å². The third-order valence-electron chi connectivity index (χ3n) is 1.95. The predicted molar refractivity (Wildman–Crippen MR) is 57.5 cm³/mol. The van der Waals surface area contributed by atoms with Gasteiger partial charge in [0.1, 0.15) is 5.82 Å². The summed E-state index contributed by atoms with van der Waals surface area (Å²) in [5.41, 5.74) is 0. The van der Waals surface area contributed by atoms with Crippen LogP contribution in [0.3, 0.4) is 0 Å². The summed E-state index contributed by atoms with van der Waals surface area (Å²) in [7, 11) is 0. The quantitative estimate of drug-likeness (QED) is 0.719. The zero-order valence-electron chi connectivity index (χ0n) is 9.80. The summed E-state index contributed by atoms with van der Waals surface area (Å²) in [5, 5.41) is 0. The molecule has 96 valence electrons. The molecule has 0 aliphatic heterocycles. The van der Waals surface area contributed by atoms with Crippen molar-refractivity contribution >= 4 is 0 Å². The van der Waals surface area contributed by atoms with Crippen molar-refractivity contribution in [2.45, 2.75) is 26.4 Å². The molecule has 5 heteroatoms. The van der Waals surface area contributed by atoms with Crippen LogP contribution >= 0.6 is 0 Å². The summed E-state index contributed by atoms with van der Waals surface area (Å²) in [6.07, 6.45) is 0.614. The summed E-state index contributed by atoms with van der Waals surface area (Å²) in [4.78, 5) is 0. The third-order valence-corrected chi connectivity index (χ3v) is 1.95. The molecule has 17 heavy (non-hydrogen) atoms. The van der Waals surface area contributed by atoms with Crippen molar-refractivity contribution < 1.29 is 22.6 Å². The first kappa shape index (κ1) is 13.8. The number of halogens is 3. The molecule has 1 aromatic carbocycles. The highest BCUT2D eigenvalue weighted by molar-refractivity contribution is 5.26. The highest BCUT2D eigenvalue weighted by atomic mass is 19.1. The number of rotatable bonds is 6. The average Bonchev–Trinajstić information content (AvgIpc) is 2.20. The Labute approximate surface area is 98.3 Å². The lowest BCUT2D eigenvalue weighted by molar-refractivity contribution is 0.0687. The molecular weight excluding hydrogens is 233 g/mol. The molecule has 0 bridgehead atoms. The molecule has 0 saturated carbocycles. The van der Waals surface area contributed by atoms with Gasteiger partial charge in [-0.2, -0.15) is 0 Å². The molecule has 0 amide bonds. The molecule has 0 fully saturated rings. The van der Waals surface area contributed by atoms with Crippen molar-refractivity contribution in [1.29, 1.82) is 0 Å². The summed E-state index contributed by atoms with van der Waals surface area (Å²) in [6, 6.07) is 1.17. The van der Waals surface area contributed by atoms with E-state index in [1.54, 1.807) is 0 Å². The fourth-order valence-electron chi connectivity index (χ4n) is 1.22. The summed E-state index contributed by atoms with van der Waals surface area (Å²) >= 11 is 0. The molecule has 0 aliphatic carbocycles. The zero-order chi connectivity index (χ0) is 12.8. The zero-order valence-corrected chi connectivity index (χ0v) is 9.80. The van der Waals surface area contributed by atoms with Crippen molar-refractivity contribution in [3.63, 3.8) is 0 Å². The van der Waals surface area contributed by atoms with Crippen LogP contribution in [0.25, 0.3) is 0 Å². The van der Waals surface area contributed by atoms with E-state index in [2.05, 4.69) is 0 Å². The van der Waals surface area contributed by atoms with Crippen molar-refractivity contribution in [2.24, 2.45) is 0 Å². The molecule has 2 nitrogen and oxygen atoms in total. The Balaban J connectivity index is 2.42. The van der Waals surface area contributed by atoms with Gasteiger partial charge in [-0.05, 0) is 13.8 Å². The van der Waals surface area contributed by atoms with Gasteiger partial charge in [-0.15, -0.1) is 0 Å². The van der Waals surface area contributed by atoms with Gasteiger partial charge in [0.05, 0.1) is 19.3 Å². The van der Waals surface area contributed by atoms with Gasteiger partial charge in [-0.25, -0.2) is 13.2 Å². The standard InChI is InChI=1S/C12H15F3O2/c1-8(2)16-4-3-5-17-12-10(14)6-9(13)7-11(12)15/h6-8H,3-5H2,1-2H3. The van der Waals surface area contributed by atoms with Crippen LogP contribution in [0.4, 0.5) is 13.2 Å². The van der Waals surface area contributed by atoms with Gasteiger partial charge < -0.3 is 9.47 Å². The third kappa shape index (κ3) is 4.65. The maximum atomic E-state index is 13.1. The maximum Gasteiger partial charge on any atom is 0.190 e. The minimum Gasteiger partial charge on any atom is -0.488 e. The Morgan fingerprint density at radius 3 is 2.18 bits per heavy atom. The van der Waals surface area contributed by atoms with Gasteiger partial charge in [-0.3, -0.25) is 0 Å². The van der Waals surface area contributed by atoms with E-state index in [0.29, 0.717) is 25.2 Å². The van der Waals surface area contributed by atoms with Crippen LogP contribution in [-0.2, 0) is 4.74 Å². The number of benzene rings is 1. The van der Waals surface area contributed by atoms with Crippen LogP contribution in [0.15, 0.2) is 12.1 Å². The van der Waals surface area contributed by atoms with Crippen molar-refractivity contribution in [2.75, 3.05) is 13.2 Å². The molecule has 0 atom stereocenters. The second-order valence-electron chi connectivity index (χ2n) is 3.82. The largest absolute Gasteiger partial charge is 0.488 e. The van der Waals surface area contributed by atoms with Crippen LogP contribution in [0, 0.1) is 17.5 Å². The molecule has 1 rings (SSSR count). The van der Waals surface area contributed by atoms with Crippen LogP contribution in [-0.4, -0.2) is 19.3 Å². The van der Waals surface area contributed by atoms with Crippen LogP contribution in [0.1, 0.15) is 20.3 Å².